The molecule has 0 aliphatic rings. The van der Waals surface area contributed by atoms with Gasteiger partial charge in [-0.15, -0.1) is 0 Å². The van der Waals surface area contributed by atoms with Crippen LogP contribution in [0.15, 0.2) is 60.8 Å². The molecule has 0 unspecified atom stereocenters. The Balaban J connectivity index is 1.81. The average molecular weight is 399 g/mol. The first-order valence-electron chi connectivity index (χ1n) is 9.67. The van der Waals surface area contributed by atoms with Crippen LogP contribution in [0.25, 0.3) is 33.9 Å². The highest BCUT2D eigenvalue weighted by molar-refractivity contribution is 5.79. The smallest absolute Gasteiger partial charge is 0.287 e. The fourth-order valence-electron chi connectivity index (χ4n) is 3.23. The molecule has 0 spiro atoms. The van der Waals surface area contributed by atoms with Crippen molar-refractivity contribution in [1.82, 2.24) is 19.9 Å². The summed E-state index contributed by atoms with van der Waals surface area (Å²) in [5, 5.41) is 10.9. The van der Waals surface area contributed by atoms with Crippen molar-refractivity contribution in [2.45, 2.75) is 26.7 Å². The van der Waals surface area contributed by atoms with Crippen LogP contribution >= 0.6 is 0 Å². The fraction of sp³-hybridized carbons (Fsp3) is 0.174. The number of H-pyrrole nitrogens is 1. The third-order valence-electron chi connectivity index (χ3n) is 4.80. The van der Waals surface area contributed by atoms with Crippen LogP contribution in [0.5, 0.6) is 0 Å². The Morgan fingerprint density at radius 2 is 1.73 bits per heavy atom. The molecule has 4 rings (SSSR count). The molecule has 0 bridgehead atoms. The van der Waals surface area contributed by atoms with Crippen molar-refractivity contribution in [2.24, 2.45) is 0 Å². The normalized spacial score (nSPS) is 11.1. The van der Waals surface area contributed by atoms with E-state index in [1.54, 1.807) is 6.07 Å². The molecule has 7 heteroatoms. The summed E-state index contributed by atoms with van der Waals surface area (Å²) in [6, 6.07) is 16.9. The van der Waals surface area contributed by atoms with E-state index in [0.29, 0.717) is 5.69 Å². The lowest BCUT2D eigenvalue weighted by Gasteiger charge is -2.06. The van der Waals surface area contributed by atoms with E-state index in [4.69, 9.17) is 4.98 Å². The summed E-state index contributed by atoms with van der Waals surface area (Å²) in [6.07, 6.45) is 1.27. The molecule has 0 amide bonds. The summed E-state index contributed by atoms with van der Waals surface area (Å²) in [7, 11) is 0. The van der Waals surface area contributed by atoms with Crippen LogP contribution < -0.4 is 0 Å². The third kappa shape index (κ3) is 3.82. The molecule has 1 aromatic carbocycles. The first kappa shape index (κ1) is 19.4. The molecule has 3 heterocycles. The quantitative estimate of drug-likeness (QED) is 0.351. The van der Waals surface area contributed by atoms with E-state index in [9.17, 15) is 10.1 Å². The molecular weight excluding hydrogens is 378 g/mol. The van der Waals surface area contributed by atoms with Crippen molar-refractivity contribution in [3.63, 3.8) is 0 Å². The summed E-state index contributed by atoms with van der Waals surface area (Å²) in [5.41, 5.74) is 5.88. The van der Waals surface area contributed by atoms with E-state index >= 15 is 0 Å². The Bertz CT molecular complexity index is 1210. The minimum absolute atomic E-state index is 0.0309. The van der Waals surface area contributed by atoms with Gasteiger partial charge in [-0.25, -0.2) is 9.97 Å². The number of benzene rings is 1. The van der Waals surface area contributed by atoms with Crippen LogP contribution in [0.1, 0.15) is 31.3 Å². The summed E-state index contributed by atoms with van der Waals surface area (Å²) in [6.45, 7) is 6.14. The van der Waals surface area contributed by atoms with Gasteiger partial charge in [0.2, 0.25) is 0 Å². The number of hydrogen-bond acceptors (Lipinski definition) is 5. The van der Waals surface area contributed by atoms with Gasteiger partial charge in [0.25, 0.3) is 5.69 Å². The molecule has 0 saturated heterocycles. The second-order valence-electron chi connectivity index (χ2n) is 7.40. The first-order chi connectivity index (χ1) is 14.4. The standard InChI is InChI=1S/C23H21N5O2/c1-14(2)23-26-21(22(27-23)20-9-4-6-15(3)25-20)17-8-5-7-16(12-17)19-11-10-18(13-24-19)28(29)30/h4-14H,1-3H3,(H,26,27). The Morgan fingerprint density at radius 1 is 0.967 bits per heavy atom. The maximum absolute atomic E-state index is 10.9. The second-order valence-corrected chi connectivity index (χ2v) is 7.40. The van der Waals surface area contributed by atoms with E-state index in [1.807, 2.05) is 49.4 Å². The lowest BCUT2D eigenvalue weighted by atomic mass is 10.0. The number of aromatic nitrogens is 4. The summed E-state index contributed by atoms with van der Waals surface area (Å²) in [5.74, 6) is 1.13. The maximum Gasteiger partial charge on any atom is 0.287 e. The molecule has 0 aliphatic heterocycles. The Labute approximate surface area is 174 Å². The van der Waals surface area contributed by atoms with E-state index < -0.39 is 4.92 Å². The van der Waals surface area contributed by atoms with Crippen LogP contribution in [-0.2, 0) is 0 Å². The van der Waals surface area contributed by atoms with Gasteiger partial charge in [-0.1, -0.05) is 38.1 Å². The Kier molecular flexibility index (Phi) is 5.10. The monoisotopic (exact) mass is 399 g/mol. The van der Waals surface area contributed by atoms with Crippen molar-refractivity contribution in [2.75, 3.05) is 0 Å². The van der Waals surface area contributed by atoms with Gasteiger partial charge in [-0.3, -0.25) is 15.1 Å². The zero-order chi connectivity index (χ0) is 21.3. The van der Waals surface area contributed by atoms with Gasteiger partial charge >= 0.3 is 0 Å². The topological polar surface area (TPSA) is 97.6 Å². The largest absolute Gasteiger partial charge is 0.340 e. The number of aromatic amines is 1. The number of aryl methyl sites for hydroxylation is 1. The van der Waals surface area contributed by atoms with Crippen LogP contribution in [0, 0.1) is 17.0 Å². The molecule has 0 saturated carbocycles. The molecule has 0 aliphatic carbocycles. The van der Waals surface area contributed by atoms with Crippen molar-refractivity contribution < 1.29 is 4.92 Å². The number of hydrogen-bond donors (Lipinski definition) is 1. The van der Waals surface area contributed by atoms with Crippen LogP contribution in [-0.4, -0.2) is 24.9 Å². The zero-order valence-electron chi connectivity index (χ0n) is 17.0. The minimum atomic E-state index is -0.453. The van der Waals surface area contributed by atoms with Crippen molar-refractivity contribution in [3.05, 3.63) is 82.4 Å². The van der Waals surface area contributed by atoms with Gasteiger partial charge in [0.1, 0.15) is 12.0 Å². The van der Waals surface area contributed by atoms with Gasteiger partial charge < -0.3 is 4.98 Å². The van der Waals surface area contributed by atoms with Gasteiger partial charge in [-0.2, -0.15) is 0 Å². The molecule has 0 radical (unpaired) electrons. The Morgan fingerprint density at radius 3 is 2.40 bits per heavy atom. The van der Waals surface area contributed by atoms with E-state index in [-0.39, 0.29) is 11.6 Å². The highest BCUT2D eigenvalue weighted by Crippen LogP contribution is 2.33. The molecule has 30 heavy (non-hydrogen) atoms. The van der Waals surface area contributed by atoms with Crippen LogP contribution in [0.3, 0.4) is 0 Å². The lowest BCUT2D eigenvalue weighted by molar-refractivity contribution is -0.385. The fourth-order valence-corrected chi connectivity index (χ4v) is 3.23. The minimum Gasteiger partial charge on any atom is -0.340 e. The molecule has 0 fully saturated rings. The zero-order valence-corrected chi connectivity index (χ0v) is 17.0. The highest BCUT2D eigenvalue weighted by Gasteiger charge is 2.17. The van der Waals surface area contributed by atoms with Gasteiger partial charge in [-0.05, 0) is 31.2 Å². The first-order valence-corrected chi connectivity index (χ1v) is 9.67. The molecule has 0 atom stereocenters. The van der Waals surface area contributed by atoms with Crippen molar-refractivity contribution in [1.29, 1.82) is 0 Å². The molecular formula is C23H21N5O2. The number of rotatable bonds is 5. The SMILES string of the molecule is Cc1cccc(-c2[nH]c(C(C)C)nc2-c2cccc(-c3ccc([N+](=O)[O-])cn3)c2)n1. The Hall–Kier alpha value is -3.87. The second kappa shape index (κ2) is 7.87. The summed E-state index contributed by atoms with van der Waals surface area (Å²) >= 11 is 0. The predicted octanol–water partition coefficient (Wildman–Crippen LogP) is 5.54. The molecule has 7 nitrogen and oxygen atoms in total. The van der Waals surface area contributed by atoms with Gasteiger partial charge in [0.05, 0.1) is 27.7 Å². The van der Waals surface area contributed by atoms with E-state index in [0.717, 1.165) is 39.7 Å². The summed E-state index contributed by atoms with van der Waals surface area (Å²) in [4.78, 5) is 27.6. The van der Waals surface area contributed by atoms with E-state index in [2.05, 4.69) is 28.8 Å². The third-order valence-corrected chi connectivity index (χ3v) is 4.80. The van der Waals surface area contributed by atoms with Crippen molar-refractivity contribution >= 4 is 5.69 Å². The predicted molar refractivity (Wildman–Crippen MR) is 116 cm³/mol. The number of pyridine rings is 2. The molecule has 4 aromatic rings. The number of imidazole rings is 1. The molecule has 150 valence electrons. The lowest BCUT2D eigenvalue weighted by Crippen LogP contribution is -1.91. The number of nitrogens with zero attached hydrogens (tertiary/aromatic N) is 4. The average Bonchev–Trinajstić information content (AvgIpc) is 3.20. The van der Waals surface area contributed by atoms with Gasteiger partial charge in [0, 0.05) is 28.8 Å². The van der Waals surface area contributed by atoms with Crippen LogP contribution in [0.4, 0.5) is 5.69 Å². The molecule has 3 aromatic heterocycles. The highest BCUT2D eigenvalue weighted by atomic mass is 16.6. The van der Waals surface area contributed by atoms with E-state index in [1.165, 1.54) is 12.3 Å². The number of nitrogens with one attached hydrogen (secondary N) is 1. The van der Waals surface area contributed by atoms with Crippen molar-refractivity contribution in [3.8, 4) is 33.9 Å². The van der Waals surface area contributed by atoms with Crippen LogP contribution in [0.2, 0.25) is 0 Å². The van der Waals surface area contributed by atoms with Gasteiger partial charge in [0.15, 0.2) is 0 Å². The number of nitro groups is 1. The maximum atomic E-state index is 10.9. The summed E-state index contributed by atoms with van der Waals surface area (Å²) < 4.78 is 0. The molecule has 1 N–H and O–H groups in total.